The van der Waals surface area contributed by atoms with Crippen molar-refractivity contribution in [1.82, 2.24) is 0 Å². The Hall–Kier alpha value is -6.76. The molecule has 0 heteroatoms. The minimum absolute atomic E-state index is 1.21. The first-order valence-corrected chi connectivity index (χ1v) is 18.1. The van der Waals surface area contributed by atoms with Crippen molar-refractivity contribution in [2.24, 2.45) is 0 Å². The van der Waals surface area contributed by atoms with E-state index in [0.717, 1.165) is 0 Å². The molecule has 0 unspecified atom stereocenters. The van der Waals surface area contributed by atoms with E-state index in [1.807, 2.05) is 0 Å². The maximum atomic E-state index is 2.43. The van der Waals surface area contributed by atoms with Crippen LogP contribution in [0.25, 0.3) is 109 Å². The average molecular weight is 657 g/mol. The summed E-state index contributed by atoms with van der Waals surface area (Å²) in [7, 11) is 0. The summed E-state index contributed by atoms with van der Waals surface area (Å²) in [4.78, 5) is 0. The van der Waals surface area contributed by atoms with Crippen molar-refractivity contribution in [3.05, 3.63) is 194 Å². The minimum atomic E-state index is 1.21. The van der Waals surface area contributed by atoms with Gasteiger partial charge < -0.3 is 0 Å². The van der Waals surface area contributed by atoms with Gasteiger partial charge in [-0.05, 0) is 115 Å². The first-order valence-electron chi connectivity index (χ1n) is 18.1. The standard InChI is InChI=1S/C52H32/c1-2-14-34(15-3-1)49-44-22-10-12-24-46(44)50(47-25-13-11-23-45(47)49)35-28-26-33(27-29-35)36-30-31-40-39-18-6-8-20-42(39)51-41-19-7-4-16-37(41)38-17-5-9-21-43(38)52(51)48(40)32-36/h1-32H. The molecular weight excluding hydrogens is 625 g/mol. The summed E-state index contributed by atoms with van der Waals surface area (Å²) in [5, 5.41) is 18.2. The molecule has 0 nitrogen and oxygen atoms in total. The molecule has 11 aromatic rings. The summed E-state index contributed by atoms with van der Waals surface area (Å²) in [6.07, 6.45) is 0. The largest absolute Gasteiger partial charge is 0.0622 e. The highest BCUT2D eigenvalue weighted by Crippen LogP contribution is 2.46. The monoisotopic (exact) mass is 656 g/mol. The Labute approximate surface area is 301 Å². The van der Waals surface area contributed by atoms with Gasteiger partial charge in [0, 0.05) is 0 Å². The third-order valence-electron chi connectivity index (χ3n) is 11.2. The zero-order valence-electron chi connectivity index (χ0n) is 28.5. The van der Waals surface area contributed by atoms with E-state index >= 15 is 0 Å². The van der Waals surface area contributed by atoms with Gasteiger partial charge in [0.15, 0.2) is 0 Å². The third kappa shape index (κ3) is 4.22. The van der Waals surface area contributed by atoms with Crippen LogP contribution in [0.3, 0.4) is 0 Å². The van der Waals surface area contributed by atoms with Crippen LogP contribution in [0.1, 0.15) is 0 Å². The molecule has 0 aliphatic heterocycles. The molecule has 0 spiro atoms. The molecule has 11 rings (SSSR count). The number of fused-ring (bicyclic) bond motifs is 13. The molecule has 0 atom stereocenters. The molecule has 0 fully saturated rings. The molecular formula is C52H32. The highest BCUT2D eigenvalue weighted by atomic mass is 14.2. The molecule has 0 bridgehead atoms. The van der Waals surface area contributed by atoms with Crippen molar-refractivity contribution < 1.29 is 0 Å². The van der Waals surface area contributed by atoms with E-state index < -0.39 is 0 Å². The Morgan fingerprint density at radius 3 is 0.942 bits per heavy atom. The molecule has 52 heavy (non-hydrogen) atoms. The Morgan fingerprint density at radius 2 is 0.481 bits per heavy atom. The van der Waals surface area contributed by atoms with Crippen LogP contribution >= 0.6 is 0 Å². The van der Waals surface area contributed by atoms with Crippen LogP contribution in [0.2, 0.25) is 0 Å². The molecule has 11 aromatic carbocycles. The zero-order chi connectivity index (χ0) is 34.2. The average Bonchev–Trinajstić information content (AvgIpc) is 3.22. The summed E-state index contributed by atoms with van der Waals surface area (Å²) in [5.41, 5.74) is 7.49. The fourth-order valence-corrected chi connectivity index (χ4v) is 8.99. The SMILES string of the molecule is c1ccc(-c2c3ccccc3c(-c3ccc(-c4ccc5c6ccccc6c6c7ccccc7c7ccccc7c6c5c4)cc3)c3ccccc23)cc1. The molecule has 0 radical (unpaired) electrons. The third-order valence-corrected chi connectivity index (χ3v) is 11.2. The maximum Gasteiger partial charge on any atom is -0.00137 e. The Kier molecular flexibility index (Phi) is 6.35. The van der Waals surface area contributed by atoms with Gasteiger partial charge in [-0.1, -0.05) is 188 Å². The van der Waals surface area contributed by atoms with Crippen LogP contribution < -0.4 is 0 Å². The lowest BCUT2D eigenvalue weighted by Gasteiger charge is -2.18. The van der Waals surface area contributed by atoms with Gasteiger partial charge in [-0.25, -0.2) is 0 Å². The molecule has 0 amide bonds. The molecule has 0 aromatic heterocycles. The van der Waals surface area contributed by atoms with E-state index in [4.69, 9.17) is 0 Å². The lowest BCUT2D eigenvalue weighted by molar-refractivity contribution is 1.63. The second kappa shape index (κ2) is 11.4. The number of rotatable bonds is 3. The quantitative estimate of drug-likeness (QED) is 0.131. The van der Waals surface area contributed by atoms with Gasteiger partial charge in [-0.3, -0.25) is 0 Å². The summed E-state index contributed by atoms with van der Waals surface area (Å²) in [6.45, 7) is 0. The van der Waals surface area contributed by atoms with Gasteiger partial charge in [0.25, 0.3) is 0 Å². The predicted molar refractivity (Wildman–Crippen MR) is 225 cm³/mol. The van der Waals surface area contributed by atoms with Crippen LogP contribution in [0.4, 0.5) is 0 Å². The molecule has 0 N–H and O–H groups in total. The van der Waals surface area contributed by atoms with Gasteiger partial charge in [0.2, 0.25) is 0 Å². The Morgan fingerprint density at radius 1 is 0.173 bits per heavy atom. The fourth-order valence-electron chi connectivity index (χ4n) is 8.99. The van der Waals surface area contributed by atoms with E-state index in [2.05, 4.69) is 194 Å². The molecule has 0 aliphatic rings. The summed E-state index contributed by atoms with van der Waals surface area (Å²) >= 11 is 0. The molecule has 0 aliphatic carbocycles. The van der Waals surface area contributed by atoms with E-state index in [-0.39, 0.29) is 0 Å². The lowest BCUT2D eigenvalue weighted by atomic mass is 9.85. The van der Waals surface area contributed by atoms with Crippen LogP contribution in [0.15, 0.2) is 194 Å². The number of hydrogen-bond donors (Lipinski definition) is 0. The van der Waals surface area contributed by atoms with Gasteiger partial charge in [0.05, 0.1) is 0 Å². The Balaban J connectivity index is 1.14. The van der Waals surface area contributed by atoms with Crippen LogP contribution in [-0.2, 0) is 0 Å². The first-order chi connectivity index (χ1) is 25.8. The van der Waals surface area contributed by atoms with Crippen LogP contribution in [0.5, 0.6) is 0 Å². The fraction of sp³-hybridized carbons (Fsp3) is 0. The molecule has 0 saturated carbocycles. The molecule has 0 heterocycles. The van der Waals surface area contributed by atoms with Gasteiger partial charge >= 0.3 is 0 Å². The van der Waals surface area contributed by atoms with Gasteiger partial charge in [-0.2, -0.15) is 0 Å². The Bertz CT molecular complexity index is 3130. The summed E-state index contributed by atoms with van der Waals surface area (Å²) in [5.74, 6) is 0. The van der Waals surface area contributed by atoms with Crippen LogP contribution in [0, 0.1) is 0 Å². The van der Waals surface area contributed by atoms with Crippen molar-refractivity contribution in [2.45, 2.75) is 0 Å². The van der Waals surface area contributed by atoms with Crippen molar-refractivity contribution in [2.75, 3.05) is 0 Å². The van der Waals surface area contributed by atoms with E-state index in [0.29, 0.717) is 0 Å². The zero-order valence-corrected chi connectivity index (χ0v) is 28.5. The van der Waals surface area contributed by atoms with Crippen molar-refractivity contribution in [3.8, 4) is 33.4 Å². The van der Waals surface area contributed by atoms with Crippen molar-refractivity contribution in [1.29, 1.82) is 0 Å². The van der Waals surface area contributed by atoms with Crippen molar-refractivity contribution in [3.63, 3.8) is 0 Å². The van der Waals surface area contributed by atoms with Gasteiger partial charge in [-0.15, -0.1) is 0 Å². The minimum Gasteiger partial charge on any atom is -0.0622 e. The normalized spacial score (nSPS) is 11.8. The summed E-state index contributed by atoms with van der Waals surface area (Å²) < 4.78 is 0. The smallest absolute Gasteiger partial charge is 0.00137 e. The van der Waals surface area contributed by atoms with E-state index in [1.54, 1.807) is 0 Å². The van der Waals surface area contributed by atoms with E-state index in [1.165, 1.54) is 109 Å². The van der Waals surface area contributed by atoms with Crippen LogP contribution in [-0.4, -0.2) is 0 Å². The lowest BCUT2D eigenvalue weighted by Crippen LogP contribution is -1.91. The number of benzene rings is 11. The predicted octanol–water partition coefficient (Wildman–Crippen LogP) is 14.8. The first kappa shape index (κ1) is 29.0. The second-order valence-corrected chi connectivity index (χ2v) is 13.9. The molecule has 240 valence electrons. The van der Waals surface area contributed by atoms with Gasteiger partial charge in [0.1, 0.15) is 0 Å². The summed E-state index contributed by atoms with van der Waals surface area (Å²) in [6, 6.07) is 71.7. The topological polar surface area (TPSA) is 0 Å². The van der Waals surface area contributed by atoms with Crippen molar-refractivity contribution >= 4 is 75.4 Å². The maximum absolute atomic E-state index is 2.43. The highest BCUT2D eigenvalue weighted by Gasteiger charge is 2.18. The molecule has 0 saturated heterocycles. The highest BCUT2D eigenvalue weighted by molar-refractivity contribution is 6.39. The number of hydrogen-bond acceptors (Lipinski definition) is 0. The second-order valence-electron chi connectivity index (χ2n) is 13.9. The van der Waals surface area contributed by atoms with E-state index in [9.17, 15) is 0 Å².